The topological polar surface area (TPSA) is 116 Å². The van der Waals surface area contributed by atoms with E-state index >= 15 is 0 Å². The molecule has 0 bridgehead atoms. The molecule has 8 nitrogen and oxygen atoms in total. The summed E-state index contributed by atoms with van der Waals surface area (Å²) in [6.07, 6.45) is -0.676. The Morgan fingerprint density at radius 3 is 2.45 bits per heavy atom. The molecular formula is C21H26O8. The van der Waals surface area contributed by atoms with E-state index in [2.05, 4.69) is 13.2 Å². The van der Waals surface area contributed by atoms with Gasteiger partial charge < -0.3 is 19.3 Å². The van der Waals surface area contributed by atoms with Crippen molar-refractivity contribution in [3.63, 3.8) is 0 Å². The van der Waals surface area contributed by atoms with Crippen LogP contribution in [0.15, 0.2) is 36.5 Å². The first-order chi connectivity index (χ1) is 13.4. The Labute approximate surface area is 169 Å². The zero-order valence-electron chi connectivity index (χ0n) is 17.0. The summed E-state index contributed by atoms with van der Waals surface area (Å²) in [5.74, 6) is -4.17. The van der Waals surface area contributed by atoms with Gasteiger partial charge in [0.15, 0.2) is 23.6 Å². The summed E-state index contributed by atoms with van der Waals surface area (Å²) in [6, 6.07) is 0. The van der Waals surface area contributed by atoms with Crippen molar-refractivity contribution in [2.24, 2.45) is 11.8 Å². The van der Waals surface area contributed by atoms with Crippen molar-refractivity contribution in [3.05, 3.63) is 36.5 Å². The second-order valence-electron chi connectivity index (χ2n) is 7.76. The normalized spacial score (nSPS) is 34.8. The minimum absolute atomic E-state index is 0.00618. The molecule has 0 radical (unpaired) electrons. The summed E-state index contributed by atoms with van der Waals surface area (Å²) in [4.78, 5) is 49.0. The monoisotopic (exact) mass is 406 g/mol. The molecule has 2 aliphatic rings. The second-order valence-corrected chi connectivity index (χ2v) is 7.76. The van der Waals surface area contributed by atoms with Crippen LogP contribution >= 0.6 is 0 Å². The van der Waals surface area contributed by atoms with Crippen molar-refractivity contribution < 1.29 is 38.5 Å². The highest BCUT2D eigenvalue weighted by Gasteiger charge is 2.55. The maximum Gasteiger partial charge on any atom is 0.334 e. The molecule has 6 atom stereocenters. The fraction of sp³-hybridized carbons (Fsp3) is 0.524. The molecule has 29 heavy (non-hydrogen) atoms. The van der Waals surface area contributed by atoms with E-state index < -0.39 is 53.5 Å². The van der Waals surface area contributed by atoms with E-state index in [4.69, 9.17) is 14.2 Å². The molecule has 1 aliphatic carbocycles. The third-order valence-corrected chi connectivity index (χ3v) is 5.09. The van der Waals surface area contributed by atoms with E-state index in [1.807, 2.05) is 6.92 Å². The number of rotatable bonds is 3. The van der Waals surface area contributed by atoms with Crippen molar-refractivity contribution in [1.29, 1.82) is 0 Å². The molecule has 2 rings (SSSR count). The van der Waals surface area contributed by atoms with Crippen molar-refractivity contribution in [2.45, 2.75) is 58.0 Å². The number of hydrogen-bond donors (Lipinski definition) is 1. The summed E-state index contributed by atoms with van der Waals surface area (Å²) < 4.78 is 16.2. The van der Waals surface area contributed by atoms with Gasteiger partial charge in [0.05, 0.1) is 5.92 Å². The van der Waals surface area contributed by atoms with E-state index in [0.717, 1.165) is 13.8 Å². The zero-order valence-corrected chi connectivity index (χ0v) is 17.0. The number of carbonyl (C=O) groups excluding carboxylic acids is 4. The molecule has 0 amide bonds. The molecule has 0 aromatic rings. The molecule has 158 valence electrons. The van der Waals surface area contributed by atoms with Crippen LogP contribution in [0.25, 0.3) is 0 Å². The molecule has 1 unspecified atom stereocenters. The number of hydrogen-bond acceptors (Lipinski definition) is 8. The molecule has 1 N–H and O–H groups in total. The van der Waals surface area contributed by atoms with E-state index in [1.54, 1.807) is 6.08 Å². The van der Waals surface area contributed by atoms with Gasteiger partial charge in [-0.1, -0.05) is 26.2 Å². The van der Waals surface area contributed by atoms with E-state index in [1.165, 1.54) is 13.0 Å². The minimum Gasteiger partial charge on any atom is -0.458 e. The largest absolute Gasteiger partial charge is 0.458 e. The van der Waals surface area contributed by atoms with Gasteiger partial charge in [0.1, 0.15) is 6.10 Å². The summed E-state index contributed by atoms with van der Waals surface area (Å²) >= 11 is 0. The van der Waals surface area contributed by atoms with Crippen molar-refractivity contribution in [3.8, 4) is 0 Å². The number of esters is 3. The summed E-state index contributed by atoms with van der Waals surface area (Å²) in [5, 5.41) is 11.0. The van der Waals surface area contributed by atoms with Crippen LogP contribution in [-0.4, -0.2) is 52.7 Å². The predicted octanol–water partition coefficient (Wildman–Crippen LogP) is 1.42. The molecule has 0 saturated carbocycles. The van der Waals surface area contributed by atoms with Gasteiger partial charge in [0, 0.05) is 18.1 Å². The third-order valence-electron chi connectivity index (χ3n) is 5.09. The SMILES string of the molecule is C=C(C)C(=O)O[C@H]1[C@H]2C(=C)C(=O)O[C@@H]2CC(C)C=CC(=O)[C@@](C)(O)[C@@H]1OC(C)=O. The maximum absolute atomic E-state index is 12.7. The Morgan fingerprint density at radius 1 is 1.28 bits per heavy atom. The van der Waals surface area contributed by atoms with Crippen LogP contribution in [-0.2, 0) is 33.4 Å². The molecule has 1 saturated heterocycles. The van der Waals surface area contributed by atoms with Gasteiger partial charge >= 0.3 is 17.9 Å². The molecule has 8 heteroatoms. The van der Waals surface area contributed by atoms with Gasteiger partial charge in [-0.25, -0.2) is 9.59 Å². The number of carbonyl (C=O) groups is 4. The average molecular weight is 406 g/mol. The quantitative estimate of drug-likeness (QED) is 0.425. The van der Waals surface area contributed by atoms with Gasteiger partial charge in [0.2, 0.25) is 0 Å². The number of ketones is 1. The van der Waals surface area contributed by atoms with Crippen molar-refractivity contribution in [2.75, 3.05) is 0 Å². The summed E-state index contributed by atoms with van der Waals surface area (Å²) in [5.41, 5.74) is -2.18. The van der Waals surface area contributed by atoms with Gasteiger partial charge in [0.25, 0.3) is 0 Å². The highest BCUT2D eigenvalue weighted by atomic mass is 16.6. The van der Waals surface area contributed by atoms with Crippen LogP contribution < -0.4 is 0 Å². The van der Waals surface area contributed by atoms with Crippen LogP contribution in [0, 0.1) is 11.8 Å². The lowest BCUT2D eigenvalue weighted by Gasteiger charge is -2.39. The first-order valence-corrected chi connectivity index (χ1v) is 9.24. The molecule has 1 heterocycles. The van der Waals surface area contributed by atoms with Gasteiger partial charge in [-0.3, -0.25) is 9.59 Å². The number of ether oxygens (including phenoxy) is 3. The maximum atomic E-state index is 12.7. The Morgan fingerprint density at radius 2 is 1.90 bits per heavy atom. The standard InChI is InChI=1S/C21H26O8/c1-10(2)19(24)29-17-16-12(4)20(25)28-14(16)9-11(3)7-8-15(23)21(6,26)18(17)27-13(5)22/h7-8,11,14,16-18,26H,1,4,9H2,2-3,5-6H3/t11?,14-,16+,17+,18-,21-/m1/s1. The Bertz CT molecular complexity index is 791. The first kappa shape index (κ1) is 22.5. The van der Waals surface area contributed by atoms with Crippen LogP contribution in [0.5, 0.6) is 0 Å². The predicted molar refractivity (Wildman–Crippen MR) is 101 cm³/mol. The minimum atomic E-state index is -2.24. The number of allylic oxidation sites excluding steroid dienone is 1. The smallest absolute Gasteiger partial charge is 0.334 e. The molecule has 1 aliphatic heterocycles. The molecular weight excluding hydrogens is 380 g/mol. The van der Waals surface area contributed by atoms with Gasteiger partial charge in [-0.05, 0) is 32.3 Å². The van der Waals surface area contributed by atoms with E-state index in [-0.39, 0.29) is 17.1 Å². The van der Waals surface area contributed by atoms with Crippen LogP contribution in [0.1, 0.15) is 34.1 Å². The van der Waals surface area contributed by atoms with E-state index in [9.17, 15) is 24.3 Å². The van der Waals surface area contributed by atoms with E-state index in [0.29, 0.717) is 6.42 Å². The van der Waals surface area contributed by atoms with Crippen LogP contribution in [0.2, 0.25) is 0 Å². The second kappa shape index (κ2) is 8.32. The Hall–Kier alpha value is -2.74. The molecule has 1 fully saturated rings. The summed E-state index contributed by atoms with van der Waals surface area (Å²) in [6.45, 7) is 12.7. The Kier molecular flexibility index (Phi) is 6.47. The Balaban J connectivity index is 2.67. The van der Waals surface area contributed by atoms with Crippen molar-refractivity contribution >= 4 is 23.7 Å². The zero-order chi connectivity index (χ0) is 22.1. The fourth-order valence-corrected chi connectivity index (χ4v) is 3.49. The van der Waals surface area contributed by atoms with Gasteiger partial charge in [-0.2, -0.15) is 0 Å². The number of aliphatic hydroxyl groups is 1. The summed E-state index contributed by atoms with van der Waals surface area (Å²) in [7, 11) is 0. The average Bonchev–Trinajstić information content (AvgIpc) is 2.88. The highest BCUT2D eigenvalue weighted by Crippen LogP contribution is 2.40. The highest BCUT2D eigenvalue weighted by molar-refractivity contribution is 5.98. The molecule has 0 aromatic heterocycles. The van der Waals surface area contributed by atoms with Crippen LogP contribution in [0.3, 0.4) is 0 Å². The molecule has 0 spiro atoms. The third kappa shape index (κ3) is 4.64. The van der Waals surface area contributed by atoms with Crippen molar-refractivity contribution in [1.82, 2.24) is 0 Å². The van der Waals surface area contributed by atoms with Gasteiger partial charge in [-0.15, -0.1) is 0 Å². The lowest BCUT2D eigenvalue weighted by atomic mass is 9.77. The lowest BCUT2D eigenvalue weighted by molar-refractivity contribution is -0.194. The first-order valence-electron chi connectivity index (χ1n) is 9.24. The lowest BCUT2D eigenvalue weighted by Crippen LogP contribution is -2.58. The number of fused-ring (bicyclic) bond motifs is 1. The molecule has 0 aromatic carbocycles. The van der Waals surface area contributed by atoms with Crippen LogP contribution in [0.4, 0.5) is 0 Å². The fourth-order valence-electron chi connectivity index (χ4n) is 3.49.